The van der Waals surface area contributed by atoms with E-state index in [1.165, 1.54) is 5.56 Å². The van der Waals surface area contributed by atoms with E-state index in [1.807, 2.05) is 36.4 Å². The Morgan fingerprint density at radius 2 is 1.50 bits per heavy atom. The van der Waals surface area contributed by atoms with Crippen LogP contribution in [-0.4, -0.2) is 16.8 Å². The smallest absolute Gasteiger partial charge is 0.116 e. The Hall–Kier alpha value is -2.72. The number of fused-ring (bicyclic) bond motifs is 1. The molecule has 0 unspecified atom stereocenters. The molecule has 114 valence electrons. The minimum absolute atomic E-state index is 0.271. The highest BCUT2D eigenvalue weighted by atomic mass is 16.3. The topological polar surface area (TPSA) is 92.5 Å². The average Bonchev–Trinajstić information content (AvgIpc) is 2.50. The maximum Gasteiger partial charge on any atom is 0.116 e. The zero-order chi connectivity index (χ0) is 15.9. The van der Waals surface area contributed by atoms with E-state index in [2.05, 4.69) is 0 Å². The molecule has 3 aromatic rings. The zero-order valence-electron chi connectivity index (χ0n) is 12.2. The van der Waals surface area contributed by atoms with Gasteiger partial charge in [-0.1, -0.05) is 24.3 Å². The number of benzene rings is 3. The maximum atomic E-state index is 9.18. The number of hydrogen-bond acceptors (Lipinski definition) is 4. The van der Waals surface area contributed by atoms with Crippen LogP contribution in [0.5, 0.6) is 11.5 Å². The summed E-state index contributed by atoms with van der Waals surface area (Å²) in [6, 6.07) is 17.9. The molecular weight excluding hydrogens is 276 g/mol. The van der Waals surface area contributed by atoms with Crippen LogP contribution in [0.2, 0.25) is 0 Å². The van der Waals surface area contributed by atoms with Gasteiger partial charge in [0, 0.05) is 11.1 Å². The molecule has 0 atom stereocenters. The third-order valence-electron chi connectivity index (χ3n) is 3.27. The average molecular weight is 296 g/mol. The molecule has 0 amide bonds. The predicted octanol–water partition coefficient (Wildman–Crippen LogP) is 3.02. The van der Waals surface area contributed by atoms with E-state index in [-0.39, 0.29) is 5.75 Å². The van der Waals surface area contributed by atoms with Crippen molar-refractivity contribution in [1.29, 1.82) is 0 Å². The third kappa shape index (κ3) is 4.14. The molecule has 0 aliphatic carbocycles. The fraction of sp³-hybridized carbons (Fsp3) is 0.111. The van der Waals surface area contributed by atoms with Gasteiger partial charge in [-0.25, -0.2) is 0 Å². The molecular formula is C18H20N2O2. The quantitative estimate of drug-likeness (QED) is 0.547. The second-order valence-electron chi connectivity index (χ2n) is 4.96. The van der Waals surface area contributed by atoms with Gasteiger partial charge >= 0.3 is 0 Å². The van der Waals surface area contributed by atoms with E-state index in [4.69, 9.17) is 16.6 Å². The maximum absolute atomic E-state index is 9.18. The summed E-state index contributed by atoms with van der Waals surface area (Å²) in [7, 11) is 0. The van der Waals surface area contributed by atoms with Gasteiger partial charge in [-0.05, 0) is 60.3 Å². The summed E-state index contributed by atoms with van der Waals surface area (Å²) >= 11 is 0. The number of nitrogen functional groups attached to an aromatic ring is 1. The Labute approximate surface area is 129 Å². The molecule has 0 aliphatic heterocycles. The highest BCUT2D eigenvalue weighted by molar-refractivity contribution is 5.93. The second-order valence-corrected chi connectivity index (χ2v) is 4.96. The van der Waals surface area contributed by atoms with Crippen molar-refractivity contribution in [2.45, 2.75) is 6.42 Å². The van der Waals surface area contributed by atoms with Crippen LogP contribution in [0.25, 0.3) is 10.8 Å². The van der Waals surface area contributed by atoms with Crippen molar-refractivity contribution < 1.29 is 10.2 Å². The van der Waals surface area contributed by atoms with Crippen molar-refractivity contribution in [1.82, 2.24) is 0 Å². The lowest BCUT2D eigenvalue weighted by Gasteiger charge is -2.00. The Morgan fingerprint density at radius 3 is 2.18 bits per heavy atom. The third-order valence-corrected chi connectivity index (χ3v) is 3.27. The van der Waals surface area contributed by atoms with Gasteiger partial charge in [0.05, 0.1) is 0 Å². The molecule has 22 heavy (non-hydrogen) atoms. The fourth-order valence-electron chi connectivity index (χ4n) is 2.13. The summed E-state index contributed by atoms with van der Waals surface area (Å²) < 4.78 is 0. The number of aromatic hydroxyl groups is 2. The summed E-state index contributed by atoms with van der Waals surface area (Å²) in [6.07, 6.45) is 0.875. The normalized spacial score (nSPS) is 10.0. The Kier molecular flexibility index (Phi) is 5.22. The van der Waals surface area contributed by atoms with E-state index in [0.717, 1.165) is 22.9 Å². The van der Waals surface area contributed by atoms with E-state index in [1.54, 1.807) is 24.3 Å². The largest absolute Gasteiger partial charge is 0.508 e. The first-order chi connectivity index (χ1) is 10.6. The van der Waals surface area contributed by atoms with Gasteiger partial charge in [0.1, 0.15) is 11.5 Å². The molecule has 0 saturated heterocycles. The first kappa shape index (κ1) is 15.7. The molecule has 0 aliphatic rings. The van der Waals surface area contributed by atoms with Gasteiger partial charge in [0.15, 0.2) is 0 Å². The monoisotopic (exact) mass is 296 g/mol. The molecule has 0 bridgehead atoms. The molecule has 4 heteroatoms. The van der Waals surface area contributed by atoms with E-state index in [0.29, 0.717) is 12.3 Å². The van der Waals surface area contributed by atoms with Gasteiger partial charge in [-0.3, -0.25) is 0 Å². The van der Waals surface area contributed by atoms with Crippen LogP contribution in [-0.2, 0) is 6.42 Å². The number of phenols is 2. The van der Waals surface area contributed by atoms with E-state index >= 15 is 0 Å². The van der Waals surface area contributed by atoms with Crippen LogP contribution in [0, 0.1) is 0 Å². The first-order valence-electron chi connectivity index (χ1n) is 7.05. The molecule has 3 rings (SSSR count). The minimum atomic E-state index is 0.271. The number of hydrogen-bond donors (Lipinski definition) is 4. The van der Waals surface area contributed by atoms with Crippen LogP contribution in [0.4, 0.5) is 5.69 Å². The second kappa shape index (κ2) is 7.33. The minimum Gasteiger partial charge on any atom is -0.508 e. The number of rotatable bonds is 2. The molecule has 0 spiro atoms. The summed E-state index contributed by atoms with van der Waals surface area (Å²) in [5, 5.41) is 20.0. The van der Waals surface area contributed by atoms with E-state index in [9.17, 15) is 5.11 Å². The Bertz CT molecular complexity index is 740. The zero-order valence-corrected chi connectivity index (χ0v) is 12.2. The molecule has 0 saturated carbocycles. The van der Waals surface area contributed by atoms with Crippen molar-refractivity contribution >= 4 is 16.5 Å². The van der Waals surface area contributed by atoms with Crippen molar-refractivity contribution in [2.75, 3.05) is 12.3 Å². The Morgan fingerprint density at radius 1 is 0.818 bits per heavy atom. The van der Waals surface area contributed by atoms with Crippen molar-refractivity contribution in [3.05, 3.63) is 66.2 Å². The lowest BCUT2D eigenvalue weighted by atomic mass is 10.1. The van der Waals surface area contributed by atoms with Crippen LogP contribution in [0.15, 0.2) is 60.7 Å². The van der Waals surface area contributed by atoms with Crippen LogP contribution in [0.3, 0.4) is 0 Å². The lowest BCUT2D eigenvalue weighted by molar-refractivity contribution is 0.475. The standard InChI is InChI=1S/C10H9NO.C8H11NO/c11-10-3-1-2-7-6-8(12)4-5-9(7)10;9-6-5-7-1-3-8(10)4-2-7/h1-6,12H,11H2;1-4,10H,5-6,9H2. The Balaban J connectivity index is 0.000000164. The summed E-state index contributed by atoms with van der Waals surface area (Å²) in [5.41, 5.74) is 13.0. The SMILES string of the molecule is NCCc1ccc(O)cc1.Nc1cccc2cc(O)ccc12. The molecule has 0 radical (unpaired) electrons. The van der Waals surface area contributed by atoms with E-state index < -0.39 is 0 Å². The molecule has 0 fully saturated rings. The molecule has 4 nitrogen and oxygen atoms in total. The first-order valence-corrected chi connectivity index (χ1v) is 7.05. The van der Waals surface area contributed by atoms with Crippen LogP contribution in [0.1, 0.15) is 5.56 Å². The van der Waals surface area contributed by atoms with Crippen molar-refractivity contribution in [2.24, 2.45) is 5.73 Å². The number of anilines is 1. The van der Waals surface area contributed by atoms with Crippen molar-refractivity contribution in [3.8, 4) is 11.5 Å². The summed E-state index contributed by atoms with van der Waals surface area (Å²) in [4.78, 5) is 0. The van der Waals surface area contributed by atoms with Gasteiger partial charge in [0.2, 0.25) is 0 Å². The predicted molar refractivity (Wildman–Crippen MR) is 90.9 cm³/mol. The van der Waals surface area contributed by atoms with Crippen LogP contribution < -0.4 is 11.5 Å². The van der Waals surface area contributed by atoms with Gasteiger partial charge in [-0.15, -0.1) is 0 Å². The van der Waals surface area contributed by atoms with Crippen LogP contribution >= 0.6 is 0 Å². The summed E-state index contributed by atoms with van der Waals surface area (Å²) in [6.45, 7) is 0.658. The number of nitrogens with two attached hydrogens (primary N) is 2. The molecule has 6 N–H and O–H groups in total. The number of phenolic OH excluding ortho intramolecular Hbond substituents is 2. The van der Waals surface area contributed by atoms with Gasteiger partial charge in [0.25, 0.3) is 0 Å². The van der Waals surface area contributed by atoms with Crippen molar-refractivity contribution in [3.63, 3.8) is 0 Å². The summed E-state index contributed by atoms with van der Waals surface area (Å²) in [5.74, 6) is 0.578. The molecule has 0 heterocycles. The fourth-order valence-corrected chi connectivity index (χ4v) is 2.13. The lowest BCUT2D eigenvalue weighted by Crippen LogP contribution is -2.01. The highest BCUT2D eigenvalue weighted by Crippen LogP contribution is 2.24. The highest BCUT2D eigenvalue weighted by Gasteiger charge is 1.96. The molecule has 0 aromatic heterocycles. The molecule has 3 aromatic carbocycles. The van der Waals surface area contributed by atoms with Gasteiger partial charge in [-0.2, -0.15) is 0 Å². The van der Waals surface area contributed by atoms with Gasteiger partial charge < -0.3 is 21.7 Å².